The molecule has 0 atom stereocenters. The summed E-state index contributed by atoms with van der Waals surface area (Å²) in [6.07, 6.45) is 1.13. The van der Waals surface area contributed by atoms with Crippen LogP contribution in [0.15, 0.2) is 18.2 Å². The summed E-state index contributed by atoms with van der Waals surface area (Å²) in [5.74, 6) is -2.39. The van der Waals surface area contributed by atoms with Gasteiger partial charge in [0, 0.05) is 13.0 Å². The highest BCUT2D eigenvalue weighted by Crippen LogP contribution is 2.18. The molecule has 1 aliphatic rings. The van der Waals surface area contributed by atoms with Crippen molar-refractivity contribution in [3.05, 3.63) is 29.8 Å². The molecule has 0 radical (unpaired) electrons. The Morgan fingerprint density at radius 1 is 1.33 bits per heavy atom. The summed E-state index contributed by atoms with van der Waals surface area (Å²) in [6.45, 7) is 0.332. The van der Waals surface area contributed by atoms with Crippen LogP contribution in [0.5, 0.6) is 0 Å². The zero-order valence-electron chi connectivity index (χ0n) is 9.58. The fraction of sp³-hybridized carbons (Fsp3) is 0.333. The van der Waals surface area contributed by atoms with Crippen molar-refractivity contribution in [2.75, 3.05) is 18.4 Å². The minimum absolute atomic E-state index is 0.112. The first kappa shape index (κ1) is 12.5. The van der Waals surface area contributed by atoms with Crippen molar-refractivity contribution in [1.29, 1.82) is 0 Å². The number of amides is 2. The number of hydrogen-bond donors (Lipinski definition) is 1. The topological polar surface area (TPSA) is 49.4 Å². The number of hydrogen-bond acceptors (Lipinski definition) is 2. The summed E-state index contributed by atoms with van der Waals surface area (Å²) in [7, 11) is 0. The zero-order chi connectivity index (χ0) is 13.1. The summed E-state index contributed by atoms with van der Waals surface area (Å²) in [6, 6.07) is 3.32. The van der Waals surface area contributed by atoms with Crippen molar-refractivity contribution in [2.24, 2.45) is 0 Å². The average Bonchev–Trinajstić information content (AvgIpc) is 2.70. The summed E-state index contributed by atoms with van der Waals surface area (Å²) in [4.78, 5) is 24.2. The van der Waals surface area contributed by atoms with Crippen LogP contribution in [0, 0.1) is 11.6 Å². The van der Waals surface area contributed by atoms with E-state index < -0.39 is 23.2 Å². The van der Waals surface area contributed by atoms with Gasteiger partial charge in [0.1, 0.15) is 17.3 Å². The molecule has 96 valence electrons. The quantitative estimate of drug-likeness (QED) is 0.889. The maximum atomic E-state index is 13.3. The number of carbonyl (C=O) groups is 2. The predicted molar refractivity (Wildman–Crippen MR) is 60.8 cm³/mol. The number of rotatable bonds is 3. The molecule has 1 saturated heterocycles. The summed E-state index contributed by atoms with van der Waals surface area (Å²) < 4.78 is 26.5. The van der Waals surface area contributed by atoms with Crippen LogP contribution >= 0.6 is 0 Å². The van der Waals surface area contributed by atoms with Gasteiger partial charge < -0.3 is 10.2 Å². The molecule has 6 heteroatoms. The molecule has 0 aromatic heterocycles. The van der Waals surface area contributed by atoms with E-state index in [0.717, 1.165) is 12.1 Å². The maximum Gasteiger partial charge on any atom is 0.244 e. The van der Waals surface area contributed by atoms with E-state index in [1.165, 1.54) is 11.0 Å². The van der Waals surface area contributed by atoms with Crippen LogP contribution in [-0.2, 0) is 9.59 Å². The van der Waals surface area contributed by atoms with E-state index in [9.17, 15) is 18.4 Å². The van der Waals surface area contributed by atoms with Crippen molar-refractivity contribution in [2.45, 2.75) is 12.8 Å². The lowest BCUT2D eigenvalue weighted by Gasteiger charge is -2.15. The molecule has 2 rings (SSSR count). The van der Waals surface area contributed by atoms with Gasteiger partial charge in [-0.15, -0.1) is 0 Å². The summed E-state index contributed by atoms with van der Waals surface area (Å²) in [5.41, 5.74) is -0.478. The first-order valence-corrected chi connectivity index (χ1v) is 5.59. The monoisotopic (exact) mass is 254 g/mol. The van der Waals surface area contributed by atoms with Crippen molar-refractivity contribution < 1.29 is 18.4 Å². The second-order valence-electron chi connectivity index (χ2n) is 4.06. The number of para-hydroxylation sites is 1. The highest BCUT2D eigenvalue weighted by molar-refractivity contribution is 5.95. The molecule has 1 aromatic carbocycles. The zero-order valence-corrected chi connectivity index (χ0v) is 9.58. The highest BCUT2D eigenvalue weighted by atomic mass is 19.1. The number of nitrogens with one attached hydrogen (secondary N) is 1. The Balaban J connectivity index is 2.01. The molecule has 0 spiro atoms. The number of anilines is 1. The van der Waals surface area contributed by atoms with E-state index in [1.54, 1.807) is 0 Å². The number of halogens is 2. The van der Waals surface area contributed by atoms with Crippen LogP contribution in [0.2, 0.25) is 0 Å². The van der Waals surface area contributed by atoms with Crippen molar-refractivity contribution in [3.8, 4) is 0 Å². The van der Waals surface area contributed by atoms with Gasteiger partial charge in [0.05, 0.1) is 6.54 Å². The van der Waals surface area contributed by atoms with Gasteiger partial charge in [-0.2, -0.15) is 0 Å². The molecule has 0 saturated carbocycles. The number of nitrogens with zero attached hydrogens (tertiary/aromatic N) is 1. The third-order valence-electron chi connectivity index (χ3n) is 2.73. The Morgan fingerprint density at radius 2 is 2.00 bits per heavy atom. The molecule has 0 aliphatic carbocycles. The van der Waals surface area contributed by atoms with Crippen molar-refractivity contribution >= 4 is 17.5 Å². The van der Waals surface area contributed by atoms with Crippen LogP contribution in [0.3, 0.4) is 0 Å². The average molecular weight is 254 g/mol. The van der Waals surface area contributed by atoms with Crippen LogP contribution < -0.4 is 5.32 Å². The molecular formula is C12H12F2N2O2. The number of carbonyl (C=O) groups excluding carboxylic acids is 2. The van der Waals surface area contributed by atoms with Crippen LogP contribution in [-0.4, -0.2) is 29.8 Å². The van der Waals surface area contributed by atoms with Gasteiger partial charge in [0.15, 0.2) is 0 Å². The Bertz CT molecular complexity index is 471. The van der Waals surface area contributed by atoms with Gasteiger partial charge in [-0.1, -0.05) is 6.07 Å². The molecule has 1 N–H and O–H groups in total. The fourth-order valence-corrected chi connectivity index (χ4v) is 1.84. The standard InChI is InChI=1S/C12H12F2N2O2/c13-8-3-1-4-9(14)12(8)15-10(17)7-16-6-2-5-11(16)18/h1,3-4H,2,5-7H2,(H,15,17). The van der Waals surface area contributed by atoms with Gasteiger partial charge in [-0.05, 0) is 18.6 Å². The van der Waals surface area contributed by atoms with E-state index in [0.29, 0.717) is 19.4 Å². The fourth-order valence-electron chi connectivity index (χ4n) is 1.84. The molecule has 1 heterocycles. The molecule has 2 amide bonds. The molecule has 0 bridgehead atoms. The van der Waals surface area contributed by atoms with Gasteiger partial charge in [0.2, 0.25) is 11.8 Å². The van der Waals surface area contributed by atoms with E-state index >= 15 is 0 Å². The normalized spacial score (nSPS) is 15.0. The number of likely N-dealkylation sites (tertiary alicyclic amines) is 1. The lowest BCUT2D eigenvalue weighted by Crippen LogP contribution is -2.34. The maximum absolute atomic E-state index is 13.3. The Labute approximate surface area is 103 Å². The molecule has 4 nitrogen and oxygen atoms in total. The van der Waals surface area contributed by atoms with Crippen LogP contribution in [0.25, 0.3) is 0 Å². The predicted octanol–water partition coefficient (Wildman–Crippen LogP) is 1.53. The lowest BCUT2D eigenvalue weighted by molar-refractivity contribution is -0.131. The van der Waals surface area contributed by atoms with E-state index in [1.807, 2.05) is 0 Å². The third-order valence-corrected chi connectivity index (χ3v) is 2.73. The molecule has 0 unspecified atom stereocenters. The molecular weight excluding hydrogens is 242 g/mol. The second-order valence-corrected chi connectivity index (χ2v) is 4.06. The molecule has 1 aliphatic heterocycles. The largest absolute Gasteiger partial charge is 0.333 e. The first-order chi connectivity index (χ1) is 8.58. The van der Waals surface area contributed by atoms with Crippen molar-refractivity contribution in [1.82, 2.24) is 4.90 Å². The van der Waals surface area contributed by atoms with Crippen LogP contribution in [0.4, 0.5) is 14.5 Å². The van der Waals surface area contributed by atoms with E-state index in [4.69, 9.17) is 0 Å². The molecule has 1 fully saturated rings. The van der Waals surface area contributed by atoms with Gasteiger partial charge in [-0.25, -0.2) is 8.78 Å². The van der Waals surface area contributed by atoms with Crippen LogP contribution in [0.1, 0.15) is 12.8 Å². The first-order valence-electron chi connectivity index (χ1n) is 5.59. The minimum atomic E-state index is -0.837. The van der Waals surface area contributed by atoms with Gasteiger partial charge >= 0.3 is 0 Å². The Morgan fingerprint density at radius 3 is 2.56 bits per heavy atom. The van der Waals surface area contributed by atoms with E-state index in [2.05, 4.69) is 5.32 Å². The number of benzene rings is 1. The minimum Gasteiger partial charge on any atom is -0.333 e. The summed E-state index contributed by atoms with van der Waals surface area (Å²) >= 11 is 0. The summed E-state index contributed by atoms with van der Waals surface area (Å²) in [5, 5.41) is 2.14. The SMILES string of the molecule is O=C(CN1CCCC1=O)Nc1c(F)cccc1F. The van der Waals surface area contributed by atoms with Gasteiger partial charge in [0.25, 0.3) is 0 Å². The molecule has 1 aromatic rings. The highest BCUT2D eigenvalue weighted by Gasteiger charge is 2.23. The third kappa shape index (κ3) is 2.64. The lowest BCUT2D eigenvalue weighted by atomic mass is 10.3. The molecule has 18 heavy (non-hydrogen) atoms. The van der Waals surface area contributed by atoms with E-state index in [-0.39, 0.29) is 12.5 Å². The van der Waals surface area contributed by atoms with Crippen molar-refractivity contribution in [3.63, 3.8) is 0 Å². The van der Waals surface area contributed by atoms with Gasteiger partial charge in [-0.3, -0.25) is 9.59 Å². The Kier molecular flexibility index (Phi) is 3.55. The smallest absolute Gasteiger partial charge is 0.244 e. The second kappa shape index (κ2) is 5.12. The Hall–Kier alpha value is -1.98.